The molecule has 0 bridgehead atoms. The average molecular weight is 380 g/mol. The topological polar surface area (TPSA) is 56.0 Å². The largest absolute Gasteiger partial charge is 0.417 e. The van der Waals surface area contributed by atoms with Crippen molar-refractivity contribution in [3.8, 4) is 10.6 Å². The minimum atomic E-state index is -0.720. The number of benzene rings is 2. The third-order valence-corrected chi connectivity index (χ3v) is 5.38. The number of hydrogen-bond acceptors (Lipinski definition) is 5. The molecule has 0 atom stereocenters. The minimum Gasteiger partial charge on any atom is -0.417 e. The highest BCUT2D eigenvalue weighted by Crippen LogP contribution is 2.33. The summed E-state index contributed by atoms with van der Waals surface area (Å²) in [5.41, 5.74) is 1.43. The molecule has 0 unspecified atom stereocenters. The van der Waals surface area contributed by atoms with Crippen LogP contribution < -0.4 is 0 Å². The van der Waals surface area contributed by atoms with Gasteiger partial charge in [0.25, 0.3) is 5.71 Å². The van der Waals surface area contributed by atoms with E-state index in [1.807, 2.05) is 30.3 Å². The van der Waals surface area contributed by atoms with Crippen LogP contribution in [0.1, 0.15) is 21.8 Å². The Kier molecular flexibility index (Phi) is 3.51. The van der Waals surface area contributed by atoms with Crippen molar-refractivity contribution in [2.45, 2.75) is 6.42 Å². The van der Waals surface area contributed by atoms with E-state index in [4.69, 9.17) is 4.42 Å². The summed E-state index contributed by atoms with van der Waals surface area (Å²) in [5, 5.41) is 0.782. The van der Waals surface area contributed by atoms with Gasteiger partial charge in [-0.05, 0) is 12.1 Å². The first-order valence-electron chi connectivity index (χ1n) is 8.15. The van der Waals surface area contributed by atoms with E-state index >= 15 is 0 Å². The molecule has 5 rings (SSSR count). The van der Waals surface area contributed by atoms with Crippen LogP contribution in [0.15, 0.2) is 52.5 Å². The fourth-order valence-electron chi connectivity index (χ4n) is 3.13. The molecular weight excluding hydrogens is 370 g/mol. The number of Topliss-reactive ketones (excluding diaryl/α,β-unsaturated/α-hetero) is 1. The molecule has 0 fully saturated rings. The molecule has 0 amide bonds. The Morgan fingerprint density at radius 3 is 2.56 bits per heavy atom. The number of rotatable bonds is 2. The molecule has 4 aromatic rings. The van der Waals surface area contributed by atoms with Gasteiger partial charge in [0, 0.05) is 29.2 Å². The van der Waals surface area contributed by atoms with Crippen LogP contribution in [0.25, 0.3) is 27.2 Å². The number of fused-ring (bicyclic) bond motifs is 2. The number of ketones is 1. The zero-order valence-electron chi connectivity index (χ0n) is 13.7. The third-order valence-electron chi connectivity index (χ3n) is 4.40. The Morgan fingerprint density at radius 1 is 1.04 bits per heavy atom. The summed E-state index contributed by atoms with van der Waals surface area (Å²) in [5.74, 6) is -1.66. The van der Waals surface area contributed by atoms with Gasteiger partial charge in [-0.2, -0.15) is 9.97 Å². The van der Waals surface area contributed by atoms with Crippen molar-refractivity contribution < 1.29 is 18.0 Å². The highest BCUT2D eigenvalue weighted by molar-refractivity contribution is 7.21. The number of carbonyl (C=O) groups excluding carboxylic acids is 1. The predicted octanol–water partition coefficient (Wildman–Crippen LogP) is 5.05. The Bertz CT molecular complexity index is 1210. The molecule has 0 radical (unpaired) electrons. The molecule has 132 valence electrons. The van der Waals surface area contributed by atoms with Crippen LogP contribution in [0.5, 0.6) is 0 Å². The van der Waals surface area contributed by atoms with E-state index in [-0.39, 0.29) is 29.0 Å². The molecule has 0 spiro atoms. The number of oxazole rings is 1. The van der Waals surface area contributed by atoms with E-state index in [9.17, 15) is 13.6 Å². The molecule has 0 aliphatic heterocycles. The second-order valence-corrected chi connectivity index (χ2v) is 7.08. The molecule has 1 aliphatic carbocycles. The lowest BCUT2D eigenvalue weighted by Gasteiger charge is -1.98. The maximum absolute atomic E-state index is 13.9. The molecule has 4 nitrogen and oxygen atoms in total. The number of halogens is 2. The number of thiazole rings is 1. The Hall–Kier alpha value is -3.19. The van der Waals surface area contributed by atoms with Gasteiger partial charge in [-0.1, -0.05) is 41.7 Å². The number of carbonyl (C=O) groups is 1. The van der Waals surface area contributed by atoms with Crippen molar-refractivity contribution in [2.24, 2.45) is 0 Å². The van der Waals surface area contributed by atoms with E-state index in [0.29, 0.717) is 10.5 Å². The van der Waals surface area contributed by atoms with E-state index in [2.05, 4.69) is 9.97 Å². The maximum atomic E-state index is 13.9. The Morgan fingerprint density at radius 2 is 1.81 bits per heavy atom. The molecule has 7 heteroatoms. The van der Waals surface area contributed by atoms with Crippen LogP contribution in [0.4, 0.5) is 8.78 Å². The predicted molar refractivity (Wildman–Crippen MR) is 97.5 cm³/mol. The van der Waals surface area contributed by atoms with E-state index in [0.717, 1.165) is 22.7 Å². The molecule has 2 heterocycles. The van der Waals surface area contributed by atoms with Crippen molar-refractivity contribution in [3.05, 3.63) is 76.7 Å². The monoisotopic (exact) mass is 380 g/mol. The SMILES string of the molecule is O=C1/C(=C/c2nc3sc(-c4ccccc4)nc3o2)Cc2c(F)ccc(F)c21. The zero-order valence-corrected chi connectivity index (χ0v) is 14.5. The molecule has 2 aromatic heterocycles. The maximum Gasteiger partial charge on any atom is 0.259 e. The number of nitrogens with zero attached hydrogens (tertiary/aromatic N) is 2. The van der Waals surface area contributed by atoms with Crippen LogP contribution >= 0.6 is 11.3 Å². The molecule has 27 heavy (non-hydrogen) atoms. The Balaban J connectivity index is 1.50. The normalized spacial score (nSPS) is 15.0. The summed E-state index contributed by atoms with van der Waals surface area (Å²) >= 11 is 1.37. The van der Waals surface area contributed by atoms with Crippen molar-refractivity contribution in [1.82, 2.24) is 9.97 Å². The fourth-order valence-corrected chi connectivity index (χ4v) is 4.01. The number of aromatic nitrogens is 2. The summed E-state index contributed by atoms with van der Waals surface area (Å²) in [6, 6.07) is 11.6. The molecule has 0 saturated carbocycles. The summed E-state index contributed by atoms with van der Waals surface area (Å²) in [6.45, 7) is 0. The second kappa shape index (κ2) is 5.92. The van der Waals surface area contributed by atoms with Gasteiger partial charge in [0.05, 0.1) is 5.56 Å². The van der Waals surface area contributed by atoms with Crippen LogP contribution in [0.3, 0.4) is 0 Å². The molecule has 0 saturated heterocycles. The second-order valence-electron chi connectivity index (χ2n) is 6.11. The molecular formula is C20H10F2N2O2S. The van der Waals surface area contributed by atoms with Gasteiger partial charge in [0.1, 0.15) is 16.6 Å². The molecule has 2 aromatic carbocycles. The smallest absolute Gasteiger partial charge is 0.259 e. The van der Waals surface area contributed by atoms with Gasteiger partial charge < -0.3 is 4.42 Å². The zero-order chi connectivity index (χ0) is 18.5. The van der Waals surface area contributed by atoms with Gasteiger partial charge in [-0.25, -0.2) is 8.78 Å². The lowest BCUT2D eigenvalue weighted by molar-refractivity contribution is 0.103. The van der Waals surface area contributed by atoms with Crippen molar-refractivity contribution >= 4 is 33.7 Å². The van der Waals surface area contributed by atoms with Crippen LogP contribution in [-0.4, -0.2) is 15.8 Å². The van der Waals surface area contributed by atoms with Gasteiger partial charge in [-0.3, -0.25) is 4.79 Å². The standard InChI is InChI=1S/C20H10F2N2O2S/c21-13-6-7-14(22)16-12(13)8-11(17(16)25)9-15-23-20-18(26-15)24-19(27-20)10-4-2-1-3-5-10/h1-7,9H,8H2/b11-9+. The summed E-state index contributed by atoms with van der Waals surface area (Å²) in [4.78, 5) is 21.8. The summed E-state index contributed by atoms with van der Waals surface area (Å²) in [7, 11) is 0. The van der Waals surface area contributed by atoms with Crippen LogP contribution in [-0.2, 0) is 6.42 Å². The van der Waals surface area contributed by atoms with Crippen molar-refractivity contribution in [3.63, 3.8) is 0 Å². The van der Waals surface area contributed by atoms with Crippen LogP contribution in [0, 0.1) is 11.6 Å². The lowest BCUT2D eigenvalue weighted by atomic mass is 10.1. The molecule has 1 aliphatic rings. The van der Waals surface area contributed by atoms with Crippen molar-refractivity contribution in [1.29, 1.82) is 0 Å². The minimum absolute atomic E-state index is 0.0104. The average Bonchev–Trinajstić information content (AvgIpc) is 3.32. The quantitative estimate of drug-likeness (QED) is 0.457. The summed E-state index contributed by atoms with van der Waals surface area (Å²) < 4.78 is 33.4. The van der Waals surface area contributed by atoms with Gasteiger partial charge in [0.2, 0.25) is 5.89 Å². The van der Waals surface area contributed by atoms with Gasteiger partial charge >= 0.3 is 0 Å². The van der Waals surface area contributed by atoms with Gasteiger partial charge in [0.15, 0.2) is 10.6 Å². The summed E-state index contributed by atoms with van der Waals surface area (Å²) in [6.07, 6.45) is 1.44. The highest BCUT2D eigenvalue weighted by Gasteiger charge is 2.31. The van der Waals surface area contributed by atoms with E-state index in [1.54, 1.807) is 0 Å². The Labute approximate surface area is 155 Å². The van der Waals surface area contributed by atoms with Crippen LogP contribution in [0.2, 0.25) is 0 Å². The van der Waals surface area contributed by atoms with Crippen molar-refractivity contribution in [2.75, 3.05) is 0 Å². The highest BCUT2D eigenvalue weighted by atomic mass is 32.1. The third kappa shape index (κ3) is 2.59. The number of hydrogen-bond donors (Lipinski definition) is 0. The molecule has 0 N–H and O–H groups in total. The first-order chi connectivity index (χ1) is 13.1. The van der Waals surface area contributed by atoms with E-state index < -0.39 is 17.4 Å². The van der Waals surface area contributed by atoms with Gasteiger partial charge in [-0.15, -0.1) is 0 Å². The number of allylic oxidation sites excluding steroid dienone is 1. The van der Waals surface area contributed by atoms with E-state index in [1.165, 1.54) is 17.4 Å². The first kappa shape index (κ1) is 16.0. The lowest BCUT2D eigenvalue weighted by Crippen LogP contribution is -1.99. The fraction of sp³-hybridized carbons (Fsp3) is 0.0500. The first-order valence-corrected chi connectivity index (χ1v) is 8.97.